The Kier molecular flexibility index (Phi) is 5.76. The van der Waals surface area contributed by atoms with E-state index in [2.05, 4.69) is 52.3 Å². The molecule has 0 aliphatic rings. The van der Waals surface area contributed by atoms with E-state index in [9.17, 15) is 0 Å². The molecule has 4 heteroatoms. The number of hydrogen-bond donors (Lipinski definition) is 1. The van der Waals surface area contributed by atoms with Crippen LogP contribution < -0.4 is 5.73 Å². The lowest BCUT2D eigenvalue weighted by molar-refractivity contribution is 0.940. The molecule has 0 heterocycles. The zero-order valence-corrected chi connectivity index (χ0v) is 13.5. The van der Waals surface area contributed by atoms with Crippen LogP contribution in [0.3, 0.4) is 0 Å². The number of nitrogens with two attached hydrogens (primary N) is 1. The van der Waals surface area contributed by atoms with Gasteiger partial charge in [0.25, 0.3) is 0 Å². The maximum atomic E-state index is 5.88. The molecular formula is C15H15BrClNS. The van der Waals surface area contributed by atoms with Crippen molar-refractivity contribution in [2.75, 3.05) is 6.54 Å². The van der Waals surface area contributed by atoms with E-state index in [4.69, 9.17) is 17.3 Å². The smallest absolute Gasteiger partial charge is 0.0423 e. The molecule has 0 spiro atoms. The highest BCUT2D eigenvalue weighted by molar-refractivity contribution is 9.10. The first-order valence-electron chi connectivity index (χ1n) is 6.00. The van der Waals surface area contributed by atoms with Crippen molar-refractivity contribution in [3.63, 3.8) is 0 Å². The fourth-order valence-electron chi connectivity index (χ4n) is 1.76. The molecule has 1 atom stereocenters. The van der Waals surface area contributed by atoms with Crippen LogP contribution in [0.15, 0.2) is 53.0 Å². The van der Waals surface area contributed by atoms with Crippen LogP contribution in [0, 0.1) is 0 Å². The Bertz CT molecular complexity index is 513. The molecule has 1 nitrogen and oxygen atoms in total. The van der Waals surface area contributed by atoms with Gasteiger partial charge < -0.3 is 5.73 Å². The van der Waals surface area contributed by atoms with Crippen molar-refractivity contribution in [2.24, 2.45) is 5.73 Å². The Hall–Kier alpha value is -0.480. The predicted octanol–water partition coefficient (Wildman–Crippen LogP) is 5.04. The number of benzene rings is 2. The van der Waals surface area contributed by atoms with Gasteiger partial charge in [-0.3, -0.25) is 0 Å². The summed E-state index contributed by atoms with van der Waals surface area (Å²) in [4.78, 5) is 0. The molecule has 0 saturated heterocycles. The molecule has 0 bridgehead atoms. The molecule has 100 valence electrons. The summed E-state index contributed by atoms with van der Waals surface area (Å²) in [6, 6.07) is 16.3. The summed E-state index contributed by atoms with van der Waals surface area (Å²) in [7, 11) is 0. The van der Waals surface area contributed by atoms with Crippen LogP contribution in [0.4, 0.5) is 0 Å². The van der Waals surface area contributed by atoms with E-state index in [-0.39, 0.29) is 0 Å². The lowest BCUT2D eigenvalue weighted by Crippen LogP contribution is -2.09. The third-order valence-corrected chi connectivity index (χ3v) is 4.97. The van der Waals surface area contributed by atoms with Crippen molar-refractivity contribution in [1.82, 2.24) is 0 Å². The van der Waals surface area contributed by atoms with Crippen LogP contribution in [0.1, 0.15) is 16.4 Å². The number of hydrogen-bond acceptors (Lipinski definition) is 2. The summed E-state index contributed by atoms with van der Waals surface area (Å²) < 4.78 is 1.09. The minimum atomic E-state index is 0.323. The fourth-order valence-corrected chi connectivity index (χ4v) is 3.22. The van der Waals surface area contributed by atoms with E-state index in [0.717, 1.165) is 15.2 Å². The molecule has 2 rings (SSSR count). The predicted molar refractivity (Wildman–Crippen MR) is 88.7 cm³/mol. The number of thioether (sulfide) groups is 1. The van der Waals surface area contributed by atoms with Crippen LogP contribution in [-0.4, -0.2) is 6.54 Å². The maximum absolute atomic E-state index is 5.88. The molecule has 0 fully saturated rings. The molecule has 0 amide bonds. The van der Waals surface area contributed by atoms with Gasteiger partial charge in [-0.15, -0.1) is 11.8 Å². The standard InChI is InChI=1S/C15H15BrClNS/c16-13-5-3-12(4-6-13)15(9-18)19-10-11-1-7-14(17)8-2-11/h1-8,15H,9-10,18H2. The van der Waals surface area contributed by atoms with Gasteiger partial charge in [-0.05, 0) is 35.4 Å². The molecule has 0 aromatic heterocycles. The van der Waals surface area contributed by atoms with Gasteiger partial charge in [0.15, 0.2) is 0 Å². The minimum absolute atomic E-state index is 0.323. The van der Waals surface area contributed by atoms with Crippen molar-refractivity contribution in [3.8, 4) is 0 Å². The monoisotopic (exact) mass is 355 g/mol. The van der Waals surface area contributed by atoms with Gasteiger partial charge >= 0.3 is 0 Å². The van der Waals surface area contributed by atoms with Gasteiger partial charge in [0.2, 0.25) is 0 Å². The average Bonchev–Trinajstić information content (AvgIpc) is 2.43. The number of rotatable bonds is 5. The Balaban J connectivity index is 1.99. The first kappa shape index (κ1) is 14.9. The summed E-state index contributed by atoms with van der Waals surface area (Å²) in [5.74, 6) is 0.940. The summed E-state index contributed by atoms with van der Waals surface area (Å²) in [6.45, 7) is 0.639. The SMILES string of the molecule is NCC(SCc1ccc(Cl)cc1)c1ccc(Br)cc1. The summed E-state index contributed by atoms with van der Waals surface area (Å²) in [6.07, 6.45) is 0. The van der Waals surface area contributed by atoms with E-state index in [1.54, 1.807) is 0 Å². The maximum Gasteiger partial charge on any atom is 0.0423 e. The second kappa shape index (κ2) is 7.34. The Morgan fingerprint density at radius 1 is 1.05 bits per heavy atom. The van der Waals surface area contributed by atoms with Crippen LogP contribution >= 0.6 is 39.3 Å². The van der Waals surface area contributed by atoms with Crippen LogP contribution in [0.2, 0.25) is 5.02 Å². The summed E-state index contributed by atoms with van der Waals surface area (Å²) in [5.41, 5.74) is 8.41. The van der Waals surface area contributed by atoms with E-state index in [1.807, 2.05) is 23.9 Å². The molecule has 0 radical (unpaired) electrons. The molecule has 0 saturated carbocycles. The normalized spacial score (nSPS) is 12.4. The molecule has 19 heavy (non-hydrogen) atoms. The lowest BCUT2D eigenvalue weighted by Gasteiger charge is -2.15. The molecule has 2 aromatic carbocycles. The van der Waals surface area contributed by atoms with Crippen LogP contribution in [0.25, 0.3) is 0 Å². The first-order valence-corrected chi connectivity index (χ1v) is 8.22. The van der Waals surface area contributed by atoms with Gasteiger partial charge in [0, 0.05) is 27.0 Å². The first-order chi connectivity index (χ1) is 9.19. The van der Waals surface area contributed by atoms with E-state index in [1.165, 1.54) is 11.1 Å². The summed E-state index contributed by atoms with van der Waals surface area (Å²) in [5, 5.41) is 1.10. The van der Waals surface area contributed by atoms with Gasteiger partial charge in [-0.25, -0.2) is 0 Å². The minimum Gasteiger partial charge on any atom is -0.329 e. The van der Waals surface area contributed by atoms with Crippen molar-refractivity contribution in [2.45, 2.75) is 11.0 Å². The Morgan fingerprint density at radius 2 is 1.68 bits per heavy atom. The zero-order valence-electron chi connectivity index (χ0n) is 10.4. The largest absolute Gasteiger partial charge is 0.329 e. The van der Waals surface area contributed by atoms with Gasteiger partial charge in [0.05, 0.1) is 0 Å². The quantitative estimate of drug-likeness (QED) is 0.812. The van der Waals surface area contributed by atoms with Crippen LogP contribution in [0.5, 0.6) is 0 Å². The van der Waals surface area contributed by atoms with Crippen LogP contribution in [-0.2, 0) is 5.75 Å². The van der Waals surface area contributed by atoms with Crippen molar-refractivity contribution < 1.29 is 0 Å². The third-order valence-electron chi connectivity index (χ3n) is 2.82. The highest BCUT2D eigenvalue weighted by Crippen LogP contribution is 2.31. The average molecular weight is 357 g/mol. The molecule has 0 aliphatic carbocycles. The van der Waals surface area contributed by atoms with E-state index >= 15 is 0 Å². The fraction of sp³-hybridized carbons (Fsp3) is 0.200. The number of halogens is 2. The van der Waals surface area contributed by atoms with Gasteiger partial charge in [0.1, 0.15) is 0 Å². The van der Waals surface area contributed by atoms with Crippen molar-refractivity contribution in [1.29, 1.82) is 0 Å². The molecule has 1 unspecified atom stereocenters. The highest BCUT2D eigenvalue weighted by atomic mass is 79.9. The lowest BCUT2D eigenvalue weighted by atomic mass is 10.1. The second-order valence-corrected chi connectivity index (χ2v) is 6.76. The second-order valence-electron chi connectivity index (χ2n) is 4.21. The molecular weight excluding hydrogens is 342 g/mol. The Morgan fingerprint density at radius 3 is 2.26 bits per heavy atom. The van der Waals surface area contributed by atoms with Crippen molar-refractivity contribution >= 4 is 39.3 Å². The molecule has 2 aromatic rings. The highest BCUT2D eigenvalue weighted by Gasteiger charge is 2.10. The third kappa shape index (κ3) is 4.53. The van der Waals surface area contributed by atoms with Gasteiger partial charge in [-0.1, -0.05) is 51.8 Å². The van der Waals surface area contributed by atoms with Gasteiger partial charge in [-0.2, -0.15) is 0 Å². The van der Waals surface area contributed by atoms with E-state index in [0.29, 0.717) is 11.8 Å². The van der Waals surface area contributed by atoms with Crippen molar-refractivity contribution in [3.05, 3.63) is 69.2 Å². The molecule has 0 aliphatic heterocycles. The summed E-state index contributed by atoms with van der Waals surface area (Å²) >= 11 is 11.2. The molecule has 2 N–H and O–H groups in total. The topological polar surface area (TPSA) is 26.0 Å². The Labute approximate surface area is 131 Å². The van der Waals surface area contributed by atoms with E-state index < -0.39 is 0 Å². The zero-order chi connectivity index (χ0) is 13.7.